The van der Waals surface area contributed by atoms with Gasteiger partial charge in [-0.25, -0.2) is 0 Å². The van der Waals surface area contributed by atoms with Crippen LogP contribution in [0.2, 0.25) is 0 Å². The Morgan fingerprint density at radius 3 is 2.83 bits per heavy atom. The third-order valence-electron chi connectivity index (χ3n) is 1.60. The minimum atomic E-state index is 0.492. The van der Waals surface area contributed by atoms with Crippen LogP contribution < -0.4 is 0 Å². The molecule has 0 aliphatic carbocycles. The monoisotopic (exact) mass is 335 g/mol. The highest BCUT2D eigenvalue weighted by Crippen LogP contribution is 2.22. The zero-order chi connectivity index (χ0) is 9.14. The second-order valence-corrected chi connectivity index (χ2v) is 4.54. The molecule has 0 spiro atoms. The van der Waals surface area contributed by atoms with Crippen molar-refractivity contribution in [3.63, 3.8) is 0 Å². The molecule has 0 bridgehead atoms. The number of nitrogens with zero attached hydrogens (tertiary/aromatic N) is 1. The van der Waals surface area contributed by atoms with Gasteiger partial charge in [0.05, 0.1) is 12.5 Å². The summed E-state index contributed by atoms with van der Waals surface area (Å²) in [5, 5.41) is 8.54. The summed E-state index contributed by atoms with van der Waals surface area (Å²) in [6.45, 7) is 2.03. The summed E-state index contributed by atoms with van der Waals surface area (Å²) in [4.78, 5) is 0. The summed E-state index contributed by atoms with van der Waals surface area (Å²) >= 11 is 5.69. The Kier molecular flexibility index (Phi) is 3.53. The quantitative estimate of drug-likeness (QED) is 0.721. The highest BCUT2D eigenvalue weighted by Gasteiger charge is 2.02. The Morgan fingerprint density at radius 1 is 1.58 bits per heavy atom. The maximum Gasteiger partial charge on any atom is 0.0670 e. The highest BCUT2D eigenvalue weighted by molar-refractivity contribution is 14.1. The van der Waals surface area contributed by atoms with Gasteiger partial charge < -0.3 is 0 Å². The van der Waals surface area contributed by atoms with Crippen LogP contribution in [-0.2, 0) is 6.42 Å². The molecule has 0 aromatic heterocycles. The summed E-state index contributed by atoms with van der Waals surface area (Å²) in [6, 6.07) is 6.25. The standard InChI is InChI=1S/C9H7BrIN/c1-6-4-7(2-3-12)9(11)5-8(6)10/h4-5H,2H2,1H3. The van der Waals surface area contributed by atoms with Crippen LogP contribution in [0.1, 0.15) is 11.1 Å². The number of nitriles is 1. The van der Waals surface area contributed by atoms with E-state index < -0.39 is 0 Å². The fourth-order valence-electron chi connectivity index (χ4n) is 0.938. The predicted octanol–water partition coefficient (Wildman–Crippen LogP) is 3.43. The lowest BCUT2D eigenvalue weighted by Gasteiger charge is -2.03. The Labute approximate surface area is 94.0 Å². The molecule has 0 saturated heterocycles. The van der Waals surface area contributed by atoms with Gasteiger partial charge in [-0.1, -0.05) is 22.0 Å². The molecule has 1 rings (SSSR count). The molecule has 0 saturated carbocycles. The number of hydrogen-bond donors (Lipinski definition) is 0. The van der Waals surface area contributed by atoms with Crippen molar-refractivity contribution < 1.29 is 0 Å². The van der Waals surface area contributed by atoms with E-state index in [0.717, 1.165) is 13.6 Å². The van der Waals surface area contributed by atoms with E-state index in [-0.39, 0.29) is 0 Å². The molecule has 0 radical (unpaired) electrons. The van der Waals surface area contributed by atoms with Gasteiger partial charge in [0, 0.05) is 8.04 Å². The molecule has 1 aromatic carbocycles. The lowest BCUT2D eigenvalue weighted by atomic mass is 10.1. The van der Waals surface area contributed by atoms with Gasteiger partial charge in [0.2, 0.25) is 0 Å². The third-order valence-corrected chi connectivity index (χ3v) is 3.46. The van der Waals surface area contributed by atoms with E-state index >= 15 is 0 Å². The van der Waals surface area contributed by atoms with E-state index in [0.29, 0.717) is 6.42 Å². The van der Waals surface area contributed by atoms with Crippen molar-refractivity contribution in [3.8, 4) is 6.07 Å². The topological polar surface area (TPSA) is 23.8 Å². The minimum Gasteiger partial charge on any atom is -0.198 e. The van der Waals surface area contributed by atoms with E-state index in [4.69, 9.17) is 5.26 Å². The first kappa shape index (κ1) is 10.0. The smallest absolute Gasteiger partial charge is 0.0670 e. The molecule has 0 amide bonds. The largest absolute Gasteiger partial charge is 0.198 e. The number of aryl methyl sites for hydroxylation is 1. The van der Waals surface area contributed by atoms with Gasteiger partial charge in [-0.2, -0.15) is 5.26 Å². The van der Waals surface area contributed by atoms with E-state index in [9.17, 15) is 0 Å². The van der Waals surface area contributed by atoms with Gasteiger partial charge in [-0.3, -0.25) is 0 Å². The Balaban J connectivity index is 3.16. The van der Waals surface area contributed by atoms with Gasteiger partial charge in [-0.05, 0) is 46.7 Å². The van der Waals surface area contributed by atoms with Crippen LogP contribution in [0.25, 0.3) is 0 Å². The van der Waals surface area contributed by atoms with Gasteiger partial charge in [-0.15, -0.1) is 0 Å². The molecule has 0 fully saturated rings. The zero-order valence-electron chi connectivity index (χ0n) is 6.56. The van der Waals surface area contributed by atoms with Gasteiger partial charge in [0.25, 0.3) is 0 Å². The fourth-order valence-corrected chi connectivity index (χ4v) is 2.37. The van der Waals surface area contributed by atoms with Crippen molar-refractivity contribution >= 4 is 38.5 Å². The average molecular weight is 336 g/mol. The van der Waals surface area contributed by atoms with Crippen LogP contribution in [-0.4, -0.2) is 0 Å². The first-order chi connectivity index (χ1) is 5.65. The molecule has 1 nitrogen and oxygen atoms in total. The third kappa shape index (κ3) is 2.20. The van der Waals surface area contributed by atoms with Gasteiger partial charge >= 0.3 is 0 Å². The predicted molar refractivity (Wildman–Crippen MR) is 60.9 cm³/mol. The van der Waals surface area contributed by atoms with E-state index in [1.807, 2.05) is 13.0 Å². The molecule has 0 aliphatic heterocycles. The number of rotatable bonds is 1. The molecule has 62 valence electrons. The van der Waals surface area contributed by atoms with E-state index in [1.165, 1.54) is 5.56 Å². The first-order valence-electron chi connectivity index (χ1n) is 3.46. The summed E-state index contributed by atoms with van der Waals surface area (Å²) in [5.74, 6) is 0. The molecule has 0 atom stereocenters. The molecule has 0 aliphatic rings. The van der Waals surface area contributed by atoms with Gasteiger partial charge in [0.15, 0.2) is 0 Å². The lowest BCUT2D eigenvalue weighted by molar-refractivity contribution is 1.22. The van der Waals surface area contributed by atoms with Crippen LogP contribution in [0.3, 0.4) is 0 Å². The Bertz CT molecular complexity index is 341. The van der Waals surface area contributed by atoms with Crippen molar-refractivity contribution in [3.05, 3.63) is 31.3 Å². The second kappa shape index (κ2) is 4.24. The summed E-state index contributed by atoms with van der Waals surface area (Å²) in [7, 11) is 0. The molecule has 1 aromatic rings. The minimum absolute atomic E-state index is 0.492. The Hall–Kier alpha value is -0.0800. The van der Waals surface area contributed by atoms with Crippen LogP contribution in [0.4, 0.5) is 0 Å². The van der Waals surface area contributed by atoms with Crippen molar-refractivity contribution in [1.29, 1.82) is 5.26 Å². The maximum absolute atomic E-state index is 8.54. The SMILES string of the molecule is Cc1cc(CC#N)c(I)cc1Br. The van der Waals surface area contributed by atoms with Crippen LogP contribution in [0, 0.1) is 21.8 Å². The molecular formula is C9H7BrIN. The fraction of sp³-hybridized carbons (Fsp3) is 0.222. The Morgan fingerprint density at radius 2 is 2.25 bits per heavy atom. The van der Waals surface area contributed by atoms with E-state index in [1.54, 1.807) is 0 Å². The average Bonchev–Trinajstić information content (AvgIpc) is 2.01. The normalized spacial score (nSPS) is 9.50. The van der Waals surface area contributed by atoms with Gasteiger partial charge in [0.1, 0.15) is 0 Å². The number of hydrogen-bond acceptors (Lipinski definition) is 1. The van der Waals surface area contributed by atoms with Crippen LogP contribution in [0.15, 0.2) is 16.6 Å². The molecule has 0 heterocycles. The summed E-state index contributed by atoms with van der Waals surface area (Å²) in [6.07, 6.45) is 0.492. The second-order valence-electron chi connectivity index (χ2n) is 2.53. The molecular weight excluding hydrogens is 329 g/mol. The van der Waals surface area contributed by atoms with Crippen molar-refractivity contribution in [1.82, 2.24) is 0 Å². The first-order valence-corrected chi connectivity index (χ1v) is 5.34. The molecule has 3 heteroatoms. The van der Waals surface area contributed by atoms with Crippen molar-refractivity contribution in [2.24, 2.45) is 0 Å². The summed E-state index contributed by atoms with van der Waals surface area (Å²) < 4.78 is 2.25. The highest BCUT2D eigenvalue weighted by atomic mass is 127. The van der Waals surface area contributed by atoms with Crippen LogP contribution in [0.5, 0.6) is 0 Å². The molecule has 12 heavy (non-hydrogen) atoms. The van der Waals surface area contributed by atoms with Crippen LogP contribution >= 0.6 is 38.5 Å². The maximum atomic E-state index is 8.54. The van der Waals surface area contributed by atoms with Crippen molar-refractivity contribution in [2.45, 2.75) is 13.3 Å². The molecule has 0 N–H and O–H groups in total. The lowest BCUT2D eigenvalue weighted by Crippen LogP contribution is -1.89. The summed E-state index contributed by atoms with van der Waals surface area (Å²) in [5.41, 5.74) is 2.29. The van der Waals surface area contributed by atoms with E-state index in [2.05, 4.69) is 50.7 Å². The number of halogens is 2. The zero-order valence-corrected chi connectivity index (χ0v) is 10.3. The van der Waals surface area contributed by atoms with Crippen molar-refractivity contribution in [2.75, 3.05) is 0 Å². The number of benzene rings is 1. The molecule has 0 unspecified atom stereocenters.